The van der Waals surface area contributed by atoms with E-state index in [1.165, 1.54) is 5.69 Å². The summed E-state index contributed by atoms with van der Waals surface area (Å²) >= 11 is 12.2. The summed E-state index contributed by atoms with van der Waals surface area (Å²) < 4.78 is 1.82. The lowest BCUT2D eigenvalue weighted by Crippen LogP contribution is -2.49. The summed E-state index contributed by atoms with van der Waals surface area (Å²) in [5.74, 6) is -0.0480. The number of amides is 1. The molecule has 34 heavy (non-hydrogen) atoms. The van der Waals surface area contributed by atoms with Gasteiger partial charge in [-0.15, -0.1) is 0 Å². The normalized spacial score (nSPS) is 13.9. The van der Waals surface area contributed by atoms with E-state index in [0.717, 1.165) is 35.6 Å². The molecule has 2 heterocycles. The number of halogens is 2. The number of aromatic nitrogens is 2. The number of carbonyl (C=O) groups excluding carboxylic acids is 1. The number of para-hydroxylation sites is 1. The Morgan fingerprint density at radius 2 is 1.35 bits per heavy atom. The molecule has 1 aliphatic rings. The third-order valence-electron chi connectivity index (χ3n) is 6.20. The van der Waals surface area contributed by atoms with Crippen molar-refractivity contribution in [1.29, 1.82) is 0 Å². The average molecular weight is 491 g/mol. The van der Waals surface area contributed by atoms with Gasteiger partial charge in [0.15, 0.2) is 5.69 Å². The van der Waals surface area contributed by atoms with Crippen molar-refractivity contribution in [3.05, 3.63) is 100 Å². The standard InChI is InChI=1S/C27H24Cl2N4O/c1-19-25(27(34)32-17-15-31(16-18-32)23-5-3-2-4-6-23)30-33(24-13-11-22(29)12-14-24)26(19)20-7-9-21(28)10-8-20/h2-14H,15-18H2,1H3. The zero-order valence-electron chi connectivity index (χ0n) is 18.8. The Balaban J connectivity index is 1.47. The van der Waals surface area contributed by atoms with Gasteiger partial charge < -0.3 is 9.80 Å². The minimum atomic E-state index is -0.0480. The van der Waals surface area contributed by atoms with Gasteiger partial charge in [0.25, 0.3) is 5.91 Å². The highest BCUT2D eigenvalue weighted by molar-refractivity contribution is 6.30. The largest absolute Gasteiger partial charge is 0.368 e. The van der Waals surface area contributed by atoms with Crippen LogP contribution in [0.4, 0.5) is 5.69 Å². The Morgan fingerprint density at radius 3 is 1.97 bits per heavy atom. The molecule has 0 spiro atoms. The predicted molar refractivity (Wildman–Crippen MR) is 138 cm³/mol. The molecule has 1 amide bonds. The number of hydrogen-bond acceptors (Lipinski definition) is 3. The molecule has 1 aliphatic heterocycles. The van der Waals surface area contributed by atoms with E-state index < -0.39 is 0 Å². The van der Waals surface area contributed by atoms with Crippen molar-refractivity contribution in [1.82, 2.24) is 14.7 Å². The van der Waals surface area contributed by atoms with Crippen LogP contribution < -0.4 is 4.90 Å². The zero-order chi connectivity index (χ0) is 23.7. The molecule has 0 radical (unpaired) electrons. The summed E-state index contributed by atoms with van der Waals surface area (Å²) in [5, 5.41) is 6.10. The maximum absolute atomic E-state index is 13.6. The third kappa shape index (κ3) is 4.41. The number of nitrogens with zero attached hydrogens (tertiary/aromatic N) is 4. The van der Waals surface area contributed by atoms with Gasteiger partial charge in [0.2, 0.25) is 0 Å². The maximum atomic E-state index is 13.6. The van der Waals surface area contributed by atoms with E-state index in [2.05, 4.69) is 17.0 Å². The van der Waals surface area contributed by atoms with Crippen molar-refractivity contribution < 1.29 is 4.79 Å². The zero-order valence-corrected chi connectivity index (χ0v) is 20.3. The predicted octanol–water partition coefficient (Wildman–Crippen LogP) is 6.12. The Morgan fingerprint density at radius 1 is 0.765 bits per heavy atom. The number of hydrogen-bond donors (Lipinski definition) is 0. The summed E-state index contributed by atoms with van der Waals surface area (Å²) in [6.07, 6.45) is 0. The molecular formula is C27H24Cl2N4O. The van der Waals surface area contributed by atoms with E-state index in [1.54, 1.807) is 0 Å². The third-order valence-corrected chi connectivity index (χ3v) is 6.71. The van der Waals surface area contributed by atoms with Crippen LogP contribution in [0.1, 0.15) is 16.1 Å². The van der Waals surface area contributed by atoms with E-state index in [-0.39, 0.29) is 5.91 Å². The van der Waals surface area contributed by atoms with Crippen molar-refractivity contribution in [2.24, 2.45) is 0 Å². The first-order valence-electron chi connectivity index (χ1n) is 11.2. The van der Waals surface area contributed by atoms with Gasteiger partial charge in [-0.1, -0.05) is 53.5 Å². The number of piperazine rings is 1. The van der Waals surface area contributed by atoms with Crippen molar-refractivity contribution in [2.75, 3.05) is 31.1 Å². The molecule has 0 N–H and O–H groups in total. The van der Waals surface area contributed by atoms with E-state index in [9.17, 15) is 4.79 Å². The van der Waals surface area contributed by atoms with E-state index in [0.29, 0.717) is 28.8 Å². The number of rotatable bonds is 4. The fourth-order valence-corrected chi connectivity index (χ4v) is 4.62. The molecule has 0 saturated carbocycles. The van der Waals surface area contributed by atoms with Crippen LogP contribution in [0.25, 0.3) is 16.9 Å². The van der Waals surface area contributed by atoms with Crippen LogP contribution >= 0.6 is 23.2 Å². The second-order valence-electron chi connectivity index (χ2n) is 8.33. The summed E-state index contributed by atoms with van der Waals surface area (Å²) in [7, 11) is 0. The number of carbonyl (C=O) groups is 1. The molecule has 1 fully saturated rings. The maximum Gasteiger partial charge on any atom is 0.274 e. The molecule has 7 heteroatoms. The van der Waals surface area contributed by atoms with Crippen molar-refractivity contribution in [2.45, 2.75) is 6.92 Å². The van der Waals surface area contributed by atoms with E-state index >= 15 is 0 Å². The number of benzene rings is 3. The Kier molecular flexibility index (Phi) is 6.31. The monoisotopic (exact) mass is 490 g/mol. The molecule has 5 nitrogen and oxygen atoms in total. The SMILES string of the molecule is Cc1c(C(=O)N2CCN(c3ccccc3)CC2)nn(-c2ccc(Cl)cc2)c1-c1ccc(Cl)cc1. The van der Waals surface area contributed by atoms with Crippen LogP contribution in [0.2, 0.25) is 10.0 Å². The first-order valence-corrected chi connectivity index (χ1v) is 12.0. The molecule has 0 unspecified atom stereocenters. The minimum absolute atomic E-state index is 0.0480. The van der Waals surface area contributed by atoms with Crippen LogP contribution in [-0.4, -0.2) is 46.8 Å². The second-order valence-corrected chi connectivity index (χ2v) is 9.20. The van der Waals surface area contributed by atoms with Gasteiger partial charge in [0.05, 0.1) is 11.4 Å². The van der Waals surface area contributed by atoms with Crippen molar-refractivity contribution in [3.63, 3.8) is 0 Å². The lowest BCUT2D eigenvalue weighted by molar-refractivity contribution is 0.0739. The first kappa shape index (κ1) is 22.5. The average Bonchev–Trinajstić information content (AvgIpc) is 3.22. The summed E-state index contributed by atoms with van der Waals surface area (Å²) in [6.45, 7) is 4.83. The van der Waals surface area contributed by atoms with Crippen LogP contribution in [0.15, 0.2) is 78.9 Å². The van der Waals surface area contributed by atoms with Crippen LogP contribution in [0, 0.1) is 6.92 Å². The lowest BCUT2D eigenvalue weighted by Gasteiger charge is -2.35. The Labute approximate surface area is 209 Å². The molecule has 0 atom stereocenters. The van der Waals surface area contributed by atoms with Gasteiger partial charge in [-0.05, 0) is 55.5 Å². The molecule has 0 bridgehead atoms. The lowest BCUT2D eigenvalue weighted by atomic mass is 10.1. The highest BCUT2D eigenvalue weighted by Crippen LogP contribution is 2.31. The Hall–Kier alpha value is -3.28. The first-order chi connectivity index (χ1) is 16.5. The fraction of sp³-hybridized carbons (Fsp3) is 0.185. The molecule has 5 rings (SSSR count). The van der Waals surface area contributed by atoms with Crippen molar-refractivity contribution >= 4 is 34.8 Å². The summed E-state index contributed by atoms with van der Waals surface area (Å²) in [6, 6.07) is 25.4. The van der Waals surface area contributed by atoms with E-state index in [1.807, 2.05) is 83.2 Å². The molecular weight excluding hydrogens is 467 g/mol. The van der Waals surface area contributed by atoms with E-state index in [4.69, 9.17) is 28.3 Å². The molecule has 1 saturated heterocycles. The van der Waals surface area contributed by atoms with Gasteiger partial charge in [-0.25, -0.2) is 4.68 Å². The van der Waals surface area contributed by atoms with Gasteiger partial charge in [0, 0.05) is 53.0 Å². The van der Waals surface area contributed by atoms with Gasteiger partial charge in [-0.2, -0.15) is 5.10 Å². The molecule has 3 aromatic carbocycles. The topological polar surface area (TPSA) is 41.4 Å². The highest BCUT2D eigenvalue weighted by atomic mass is 35.5. The highest BCUT2D eigenvalue weighted by Gasteiger charge is 2.28. The Bertz CT molecular complexity index is 1290. The smallest absolute Gasteiger partial charge is 0.274 e. The molecule has 172 valence electrons. The fourth-order valence-electron chi connectivity index (χ4n) is 4.37. The van der Waals surface area contributed by atoms with Gasteiger partial charge in [0.1, 0.15) is 0 Å². The summed E-state index contributed by atoms with van der Waals surface area (Å²) in [5.41, 5.74) is 5.14. The number of anilines is 1. The van der Waals surface area contributed by atoms with Gasteiger partial charge in [-0.3, -0.25) is 4.79 Å². The van der Waals surface area contributed by atoms with Crippen LogP contribution in [0.3, 0.4) is 0 Å². The van der Waals surface area contributed by atoms with Crippen molar-refractivity contribution in [3.8, 4) is 16.9 Å². The quantitative estimate of drug-likeness (QED) is 0.346. The minimum Gasteiger partial charge on any atom is -0.368 e. The van der Waals surface area contributed by atoms with Gasteiger partial charge >= 0.3 is 0 Å². The van der Waals surface area contributed by atoms with Crippen LogP contribution in [-0.2, 0) is 0 Å². The summed E-state index contributed by atoms with van der Waals surface area (Å²) in [4.78, 5) is 17.8. The molecule has 0 aliphatic carbocycles. The molecule has 1 aromatic heterocycles. The van der Waals surface area contributed by atoms with Crippen LogP contribution in [0.5, 0.6) is 0 Å². The second kappa shape index (κ2) is 9.53. The molecule has 4 aromatic rings.